The molecular formula is C11H9Cl2N3O2S. The number of carbonyl (C=O) groups excluding carboxylic acids is 1. The normalized spacial score (nSPS) is 10.5. The number of aromatic nitrogens is 2. The Morgan fingerprint density at radius 3 is 2.79 bits per heavy atom. The van der Waals surface area contributed by atoms with Gasteiger partial charge in [0.1, 0.15) is 0 Å². The molecule has 0 aliphatic rings. The molecule has 1 aromatic heterocycles. The minimum absolute atomic E-state index is 0.169. The Morgan fingerprint density at radius 1 is 1.37 bits per heavy atom. The minimum Gasteiger partial charge on any atom is -0.416 e. The van der Waals surface area contributed by atoms with Crippen LogP contribution in [-0.4, -0.2) is 21.9 Å². The summed E-state index contributed by atoms with van der Waals surface area (Å²) in [6.45, 7) is 1.69. The van der Waals surface area contributed by atoms with Gasteiger partial charge in [0.05, 0.1) is 15.8 Å². The largest absolute Gasteiger partial charge is 0.416 e. The molecule has 0 unspecified atom stereocenters. The van der Waals surface area contributed by atoms with Gasteiger partial charge < -0.3 is 9.73 Å². The first-order chi connectivity index (χ1) is 9.04. The van der Waals surface area contributed by atoms with Crippen LogP contribution in [0.15, 0.2) is 27.8 Å². The molecule has 0 aliphatic carbocycles. The van der Waals surface area contributed by atoms with E-state index in [0.29, 0.717) is 26.8 Å². The lowest BCUT2D eigenvalue weighted by Crippen LogP contribution is -2.13. The number of carbonyl (C=O) groups is 1. The highest BCUT2D eigenvalue weighted by Gasteiger charge is 2.08. The van der Waals surface area contributed by atoms with Crippen molar-refractivity contribution in [2.24, 2.45) is 0 Å². The number of hydrogen-bond acceptors (Lipinski definition) is 5. The van der Waals surface area contributed by atoms with Crippen LogP contribution in [0.4, 0.5) is 5.69 Å². The van der Waals surface area contributed by atoms with E-state index in [4.69, 9.17) is 27.6 Å². The number of nitrogens with one attached hydrogen (secondary N) is 1. The lowest BCUT2D eigenvalue weighted by molar-refractivity contribution is -0.113. The average molecular weight is 318 g/mol. The Hall–Kier alpha value is -1.24. The molecule has 0 atom stereocenters. The molecule has 2 rings (SSSR count). The van der Waals surface area contributed by atoms with Gasteiger partial charge in [0.15, 0.2) is 0 Å². The van der Waals surface area contributed by atoms with E-state index >= 15 is 0 Å². The number of aryl methyl sites for hydroxylation is 1. The SMILES string of the molecule is Cc1nnc(SCC(=O)Nc2ccc(Cl)c(Cl)c2)o1. The number of benzene rings is 1. The summed E-state index contributed by atoms with van der Waals surface area (Å²) >= 11 is 12.8. The molecule has 1 N–H and O–H groups in total. The number of hydrogen-bond donors (Lipinski definition) is 1. The van der Waals surface area contributed by atoms with Crippen LogP contribution in [0.25, 0.3) is 0 Å². The van der Waals surface area contributed by atoms with Crippen LogP contribution in [0.5, 0.6) is 0 Å². The summed E-state index contributed by atoms with van der Waals surface area (Å²) in [5.74, 6) is 0.439. The third kappa shape index (κ3) is 4.12. The van der Waals surface area contributed by atoms with Crippen molar-refractivity contribution < 1.29 is 9.21 Å². The van der Waals surface area contributed by atoms with Crippen molar-refractivity contribution in [2.45, 2.75) is 12.1 Å². The Balaban J connectivity index is 1.88. The number of halogens is 2. The van der Waals surface area contributed by atoms with Crippen LogP contribution >= 0.6 is 35.0 Å². The summed E-state index contributed by atoms with van der Waals surface area (Å²) in [6, 6.07) is 4.88. The monoisotopic (exact) mass is 317 g/mol. The van der Waals surface area contributed by atoms with Crippen LogP contribution < -0.4 is 5.32 Å². The molecule has 1 amide bonds. The van der Waals surface area contributed by atoms with E-state index in [2.05, 4.69) is 15.5 Å². The molecular weight excluding hydrogens is 309 g/mol. The van der Waals surface area contributed by atoms with Crippen molar-refractivity contribution in [1.29, 1.82) is 0 Å². The van der Waals surface area contributed by atoms with Gasteiger partial charge in [-0.1, -0.05) is 35.0 Å². The van der Waals surface area contributed by atoms with Gasteiger partial charge in [-0.25, -0.2) is 0 Å². The summed E-state index contributed by atoms with van der Waals surface area (Å²) in [7, 11) is 0. The van der Waals surface area contributed by atoms with Gasteiger partial charge in [0, 0.05) is 12.6 Å². The zero-order valence-electron chi connectivity index (χ0n) is 9.81. The molecule has 100 valence electrons. The van der Waals surface area contributed by atoms with Crippen LogP contribution in [0, 0.1) is 6.92 Å². The lowest BCUT2D eigenvalue weighted by atomic mass is 10.3. The second-order valence-electron chi connectivity index (χ2n) is 3.55. The third-order valence-electron chi connectivity index (χ3n) is 2.04. The van der Waals surface area contributed by atoms with Crippen molar-refractivity contribution in [3.8, 4) is 0 Å². The van der Waals surface area contributed by atoms with Gasteiger partial charge in [0.25, 0.3) is 5.22 Å². The summed E-state index contributed by atoms with van der Waals surface area (Å²) < 4.78 is 5.14. The van der Waals surface area contributed by atoms with Crippen molar-refractivity contribution in [2.75, 3.05) is 11.1 Å². The molecule has 0 saturated heterocycles. The third-order valence-corrected chi connectivity index (χ3v) is 3.60. The van der Waals surface area contributed by atoms with E-state index < -0.39 is 0 Å². The number of nitrogens with zero attached hydrogens (tertiary/aromatic N) is 2. The van der Waals surface area contributed by atoms with Gasteiger partial charge >= 0.3 is 0 Å². The topological polar surface area (TPSA) is 68.0 Å². The fourth-order valence-electron chi connectivity index (χ4n) is 1.23. The van der Waals surface area contributed by atoms with Crippen LogP contribution in [-0.2, 0) is 4.79 Å². The molecule has 0 fully saturated rings. The van der Waals surface area contributed by atoms with Crippen molar-refractivity contribution in [3.63, 3.8) is 0 Å². The molecule has 2 aromatic rings. The molecule has 8 heteroatoms. The second kappa shape index (κ2) is 6.27. The van der Waals surface area contributed by atoms with E-state index in [0.717, 1.165) is 11.8 Å². The molecule has 19 heavy (non-hydrogen) atoms. The quantitative estimate of drug-likeness (QED) is 0.875. The molecule has 1 aromatic carbocycles. The predicted octanol–water partition coefficient (Wildman–Crippen LogP) is 3.42. The highest BCUT2D eigenvalue weighted by atomic mass is 35.5. The Labute approximate surface area is 123 Å². The molecule has 1 heterocycles. The maximum atomic E-state index is 11.7. The van der Waals surface area contributed by atoms with E-state index in [1.807, 2.05) is 0 Å². The maximum absolute atomic E-state index is 11.7. The number of anilines is 1. The molecule has 0 aliphatic heterocycles. The minimum atomic E-state index is -0.195. The van der Waals surface area contributed by atoms with E-state index in [-0.39, 0.29) is 11.7 Å². The maximum Gasteiger partial charge on any atom is 0.277 e. The second-order valence-corrected chi connectivity index (χ2v) is 5.29. The summed E-state index contributed by atoms with van der Waals surface area (Å²) in [6.07, 6.45) is 0. The van der Waals surface area contributed by atoms with E-state index in [9.17, 15) is 4.79 Å². The Morgan fingerprint density at radius 2 is 2.16 bits per heavy atom. The van der Waals surface area contributed by atoms with Gasteiger partial charge in [-0.15, -0.1) is 10.2 Å². The molecule has 0 spiro atoms. The summed E-state index contributed by atoms with van der Waals surface area (Å²) in [5, 5.41) is 11.3. The first-order valence-corrected chi connectivity index (χ1v) is 6.96. The first-order valence-electron chi connectivity index (χ1n) is 5.22. The molecule has 0 saturated carbocycles. The summed E-state index contributed by atoms with van der Waals surface area (Å²) in [4.78, 5) is 11.7. The van der Waals surface area contributed by atoms with Crippen molar-refractivity contribution in [1.82, 2.24) is 10.2 Å². The first kappa shape index (κ1) is 14.2. The highest BCUT2D eigenvalue weighted by Crippen LogP contribution is 2.25. The predicted molar refractivity (Wildman–Crippen MR) is 74.9 cm³/mol. The van der Waals surface area contributed by atoms with E-state index in [1.54, 1.807) is 25.1 Å². The highest BCUT2D eigenvalue weighted by molar-refractivity contribution is 7.99. The summed E-state index contributed by atoms with van der Waals surface area (Å²) in [5.41, 5.74) is 0.585. The fourth-order valence-corrected chi connectivity index (χ4v) is 2.14. The molecule has 5 nitrogen and oxygen atoms in total. The van der Waals surface area contributed by atoms with Gasteiger partial charge in [0.2, 0.25) is 11.8 Å². The average Bonchev–Trinajstić information content (AvgIpc) is 2.77. The zero-order chi connectivity index (χ0) is 13.8. The van der Waals surface area contributed by atoms with E-state index in [1.165, 1.54) is 0 Å². The standard InChI is InChI=1S/C11H9Cl2N3O2S/c1-6-15-16-11(18-6)19-5-10(17)14-7-2-3-8(12)9(13)4-7/h2-4H,5H2,1H3,(H,14,17). The van der Waals surface area contributed by atoms with Crippen molar-refractivity contribution >= 4 is 46.6 Å². The molecule has 0 bridgehead atoms. The fraction of sp³-hybridized carbons (Fsp3) is 0.182. The van der Waals surface area contributed by atoms with Crippen molar-refractivity contribution in [3.05, 3.63) is 34.1 Å². The van der Waals surface area contributed by atoms with Crippen LogP contribution in [0.3, 0.4) is 0 Å². The van der Waals surface area contributed by atoms with Crippen LogP contribution in [0.2, 0.25) is 10.0 Å². The number of thioether (sulfide) groups is 1. The van der Waals surface area contributed by atoms with Gasteiger partial charge in [-0.2, -0.15) is 0 Å². The smallest absolute Gasteiger partial charge is 0.277 e. The zero-order valence-corrected chi connectivity index (χ0v) is 12.1. The van der Waals surface area contributed by atoms with Crippen LogP contribution in [0.1, 0.15) is 5.89 Å². The lowest BCUT2D eigenvalue weighted by Gasteiger charge is -2.05. The molecule has 0 radical (unpaired) electrons. The van der Waals surface area contributed by atoms with Gasteiger partial charge in [-0.05, 0) is 18.2 Å². The number of amides is 1. The Bertz CT molecular complexity index is 603. The Kier molecular flexibility index (Phi) is 4.68. The number of rotatable bonds is 4. The van der Waals surface area contributed by atoms with Gasteiger partial charge in [-0.3, -0.25) is 4.79 Å².